The predicted molar refractivity (Wildman–Crippen MR) is 73.2 cm³/mol. The molecular weight excluding hydrogens is 285 g/mol. The number of carboxylic acids is 2. The maximum absolute atomic E-state index is 12.2. The van der Waals surface area contributed by atoms with Crippen LogP contribution in [0.25, 0.3) is 0 Å². The Morgan fingerprint density at radius 3 is 2.20 bits per heavy atom. The smallest absolute Gasteiger partial charge is 0.307 e. The quantitative estimate of drug-likeness (QED) is 0.430. The zero-order valence-electron chi connectivity index (χ0n) is 10.6. The summed E-state index contributed by atoms with van der Waals surface area (Å²) < 4.78 is 12.2. The number of hydrogen-bond donors (Lipinski definition) is 4. The van der Waals surface area contributed by atoms with Gasteiger partial charge in [0.2, 0.25) is 7.37 Å². The second kappa shape index (κ2) is 6.54. The number of carboxylic acid groups (broad SMARTS) is 2. The second-order valence-electron chi connectivity index (χ2n) is 4.44. The number of rotatable bonds is 7. The van der Waals surface area contributed by atoms with Gasteiger partial charge in [-0.3, -0.25) is 14.2 Å². The lowest BCUT2D eigenvalue weighted by atomic mass is 10.1. The molecule has 2 atom stereocenters. The van der Waals surface area contributed by atoms with Crippen molar-refractivity contribution in [3.63, 3.8) is 0 Å². The van der Waals surface area contributed by atoms with Crippen molar-refractivity contribution >= 4 is 30.3 Å². The van der Waals surface area contributed by atoms with E-state index in [1.54, 1.807) is 0 Å². The average molecular weight is 301 g/mol. The van der Waals surface area contributed by atoms with Gasteiger partial charge in [0.15, 0.2) is 0 Å². The van der Waals surface area contributed by atoms with Crippen LogP contribution < -0.4 is 11.0 Å². The molecule has 1 rings (SSSR count). The van der Waals surface area contributed by atoms with Crippen LogP contribution in [0.15, 0.2) is 24.3 Å². The Morgan fingerprint density at radius 1 is 1.20 bits per heavy atom. The summed E-state index contributed by atoms with van der Waals surface area (Å²) in [6, 6.07) is 5.63. The summed E-state index contributed by atoms with van der Waals surface area (Å²) in [5.41, 5.74) is 5.90. The third-order valence-electron chi connectivity index (χ3n) is 2.82. The van der Waals surface area contributed by atoms with E-state index in [-0.39, 0.29) is 18.1 Å². The lowest BCUT2D eigenvalue weighted by Crippen LogP contribution is -2.22. The Kier molecular flexibility index (Phi) is 5.30. The van der Waals surface area contributed by atoms with Crippen molar-refractivity contribution in [2.75, 3.05) is 11.9 Å². The summed E-state index contributed by atoms with van der Waals surface area (Å²) in [5, 5.41) is 17.7. The van der Waals surface area contributed by atoms with E-state index in [9.17, 15) is 19.0 Å². The lowest BCUT2D eigenvalue weighted by Gasteiger charge is -2.17. The van der Waals surface area contributed by atoms with E-state index in [1.807, 2.05) is 0 Å². The molecule has 20 heavy (non-hydrogen) atoms. The molecule has 2 unspecified atom stereocenters. The molecular formula is C12H16NO6P. The Balaban J connectivity index is 2.85. The normalized spacial score (nSPS) is 15.2. The monoisotopic (exact) mass is 301 g/mol. The maximum atomic E-state index is 12.2. The molecule has 0 aliphatic heterocycles. The van der Waals surface area contributed by atoms with Crippen molar-refractivity contribution in [3.8, 4) is 0 Å². The molecule has 0 aromatic heterocycles. The van der Waals surface area contributed by atoms with E-state index in [0.29, 0.717) is 5.69 Å². The molecule has 0 bridgehead atoms. The molecule has 0 aliphatic rings. The first-order valence-electron chi connectivity index (χ1n) is 5.85. The summed E-state index contributed by atoms with van der Waals surface area (Å²) in [4.78, 5) is 31.5. The third-order valence-corrected chi connectivity index (χ3v) is 4.86. The Bertz CT molecular complexity index is 541. The maximum Gasteiger partial charge on any atom is 0.307 e. The van der Waals surface area contributed by atoms with E-state index >= 15 is 0 Å². The van der Waals surface area contributed by atoms with Crippen molar-refractivity contribution in [1.82, 2.24) is 0 Å². The SMILES string of the molecule is Nc1ccc(P(=O)(O)CC(CCC(=O)O)C(=O)O)cc1. The lowest BCUT2D eigenvalue weighted by molar-refractivity contribution is -0.142. The molecule has 5 N–H and O–H groups in total. The number of benzene rings is 1. The van der Waals surface area contributed by atoms with Crippen LogP contribution >= 0.6 is 7.37 Å². The minimum Gasteiger partial charge on any atom is -0.481 e. The molecule has 0 radical (unpaired) electrons. The number of hydrogen-bond acceptors (Lipinski definition) is 4. The van der Waals surface area contributed by atoms with Crippen molar-refractivity contribution < 1.29 is 29.3 Å². The van der Waals surface area contributed by atoms with Crippen LogP contribution in [-0.4, -0.2) is 33.2 Å². The highest BCUT2D eigenvalue weighted by Crippen LogP contribution is 2.42. The molecule has 1 aromatic rings. The Morgan fingerprint density at radius 2 is 1.75 bits per heavy atom. The van der Waals surface area contributed by atoms with Crippen LogP contribution in [0, 0.1) is 5.92 Å². The number of anilines is 1. The number of nitrogens with two attached hydrogens (primary N) is 1. The molecule has 0 aliphatic carbocycles. The molecule has 8 heteroatoms. The van der Waals surface area contributed by atoms with Gasteiger partial charge in [0, 0.05) is 23.6 Å². The zero-order valence-corrected chi connectivity index (χ0v) is 11.5. The minimum atomic E-state index is -3.86. The van der Waals surface area contributed by atoms with Crippen molar-refractivity contribution in [2.45, 2.75) is 12.8 Å². The van der Waals surface area contributed by atoms with Crippen LogP contribution in [-0.2, 0) is 14.2 Å². The third kappa shape index (κ3) is 4.68. The number of nitrogen functional groups attached to an aromatic ring is 1. The van der Waals surface area contributed by atoms with Crippen LogP contribution in [0.3, 0.4) is 0 Å². The van der Waals surface area contributed by atoms with E-state index in [1.165, 1.54) is 24.3 Å². The first kappa shape index (κ1) is 16.2. The first-order chi connectivity index (χ1) is 9.22. The van der Waals surface area contributed by atoms with Gasteiger partial charge in [-0.25, -0.2) is 0 Å². The fourth-order valence-electron chi connectivity index (χ4n) is 1.70. The van der Waals surface area contributed by atoms with Gasteiger partial charge < -0.3 is 20.8 Å². The molecule has 0 amide bonds. The van der Waals surface area contributed by atoms with Gasteiger partial charge in [-0.05, 0) is 30.7 Å². The van der Waals surface area contributed by atoms with Gasteiger partial charge in [0.25, 0.3) is 0 Å². The van der Waals surface area contributed by atoms with E-state index in [4.69, 9.17) is 15.9 Å². The number of carbonyl (C=O) groups is 2. The van der Waals surface area contributed by atoms with Gasteiger partial charge >= 0.3 is 11.9 Å². The number of aliphatic carboxylic acids is 2. The average Bonchev–Trinajstić information content (AvgIpc) is 2.34. The van der Waals surface area contributed by atoms with Crippen molar-refractivity contribution in [3.05, 3.63) is 24.3 Å². The fraction of sp³-hybridized carbons (Fsp3) is 0.333. The van der Waals surface area contributed by atoms with Gasteiger partial charge in [0.1, 0.15) is 0 Å². The summed E-state index contributed by atoms with van der Waals surface area (Å²) in [7, 11) is -3.86. The zero-order chi connectivity index (χ0) is 15.3. The molecule has 1 aromatic carbocycles. The van der Waals surface area contributed by atoms with E-state index < -0.39 is 31.4 Å². The molecule has 0 saturated heterocycles. The summed E-state index contributed by atoms with van der Waals surface area (Å²) in [6.45, 7) is 0. The van der Waals surface area contributed by atoms with Gasteiger partial charge in [-0.1, -0.05) is 0 Å². The highest BCUT2D eigenvalue weighted by Gasteiger charge is 2.30. The molecule has 0 fully saturated rings. The first-order valence-corrected chi connectivity index (χ1v) is 7.69. The van der Waals surface area contributed by atoms with Crippen LogP contribution in [0.4, 0.5) is 5.69 Å². The van der Waals surface area contributed by atoms with Gasteiger partial charge in [-0.2, -0.15) is 0 Å². The standard InChI is InChI=1S/C12H16NO6P/c13-9-2-4-10(5-3-9)20(18,19)7-8(12(16)17)1-6-11(14)15/h2-5,8H,1,6-7,13H2,(H,14,15)(H,16,17)(H,18,19). The van der Waals surface area contributed by atoms with Crippen LogP contribution in [0.1, 0.15) is 12.8 Å². The molecule has 0 heterocycles. The summed E-state index contributed by atoms with van der Waals surface area (Å²) in [5.74, 6) is -3.60. The van der Waals surface area contributed by atoms with Gasteiger partial charge in [0.05, 0.1) is 5.92 Å². The highest BCUT2D eigenvalue weighted by molar-refractivity contribution is 7.66. The largest absolute Gasteiger partial charge is 0.481 e. The Hall–Kier alpha value is -1.85. The van der Waals surface area contributed by atoms with Crippen LogP contribution in [0.5, 0.6) is 0 Å². The second-order valence-corrected chi connectivity index (χ2v) is 6.73. The molecule has 0 spiro atoms. The van der Waals surface area contributed by atoms with E-state index in [0.717, 1.165) is 0 Å². The van der Waals surface area contributed by atoms with Crippen molar-refractivity contribution in [2.24, 2.45) is 5.92 Å². The topological polar surface area (TPSA) is 138 Å². The molecule has 0 saturated carbocycles. The fourth-order valence-corrected chi connectivity index (χ4v) is 3.46. The van der Waals surface area contributed by atoms with Gasteiger partial charge in [-0.15, -0.1) is 0 Å². The molecule has 7 nitrogen and oxygen atoms in total. The predicted octanol–water partition coefficient (Wildman–Crippen LogP) is 0.730. The highest BCUT2D eigenvalue weighted by atomic mass is 31.2. The summed E-state index contributed by atoms with van der Waals surface area (Å²) >= 11 is 0. The van der Waals surface area contributed by atoms with Crippen molar-refractivity contribution in [1.29, 1.82) is 0 Å². The van der Waals surface area contributed by atoms with Crippen LogP contribution in [0.2, 0.25) is 0 Å². The summed E-state index contributed by atoms with van der Waals surface area (Å²) in [6.07, 6.45) is -1.05. The molecule has 110 valence electrons. The van der Waals surface area contributed by atoms with E-state index in [2.05, 4.69) is 0 Å². The minimum absolute atomic E-state index is 0.105. The Labute approximate surface area is 115 Å².